The van der Waals surface area contributed by atoms with Gasteiger partial charge >= 0.3 is 0 Å². The number of hydrogen-bond acceptors (Lipinski definition) is 6. The number of rotatable bonds is 13. The van der Waals surface area contributed by atoms with Gasteiger partial charge in [0.05, 0.1) is 24.8 Å². The number of amides is 2. The molecule has 4 aromatic carbocycles. The molecule has 0 heterocycles. The zero-order chi connectivity index (χ0) is 35.1. The van der Waals surface area contributed by atoms with Crippen molar-refractivity contribution in [3.63, 3.8) is 0 Å². The third-order valence-electron chi connectivity index (χ3n) is 7.58. The summed E-state index contributed by atoms with van der Waals surface area (Å²) < 4.78 is 41.4. The van der Waals surface area contributed by atoms with Crippen molar-refractivity contribution >= 4 is 43.5 Å². The predicted octanol–water partition coefficient (Wildman–Crippen LogP) is 6.52. The molecule has 0 saturated carbocycles. The summed E-state index contributed by atoms with van der Waals surface area (Å²) in [5.41, 5.74) is 2.27. The third kappa shape index (κ3) is 9.38. The van der Waals surface area contributed by atoms with Crippen LogP contribution in [-0.4, -0.2) is 57.5 Å². The maximum atomic E-state index is 14.7. The SMILES string of the molecule is COc1ccc(S(=O)(=O)N(CC(=O)N(Cc2ccc(Br)cc2)[C@H](Cc2ccccc2)C(=O)NC(C)(C)C)c2ccc(C)cc2)cc1OC. The first-order valence-electron chi connectivity index (χ1n) is 15.4. The molecule has 0 unspecified atom stereocenters. The summed E-state index contributed by atoms with van der Waals surface area (Å²) in [7, 11) is -1.44. The van der Waals surface area contributed by atoms with Crippen LogP contribution in [0.2, 0.25) is 0 Å². The summed E-state index contributed by atoms with van der Waals surface area (Å²) in [4.78, 5) is 30.1. The lowest BCUT2D eigenvalue weighted by atomic mass is 10.0. The minimum Gasteiger partial charge on any atom is -0.493 e. The molecule has 0 aliphatic heterocycles. The Kier molecular flexibility index (Phi) is 11.9. The quantitative estimate of drug-likeness (QED) is 0.168. The monoisotopic (exact) mass is 735 g/mol. The second kappa shape index (κ2) is 15.7. The van der Waals surface area contributed by atoms with E-state index >= 15 is 0 Å². The fourth-order valence-corrected chi connectivity index (χ4v) is 6.83. The molecular formula is C37H42BrN3O6S. The van der Waals surface area contributed by atoms with Crippen LogP contribution >= 0.6 is 15.9 Å². The molecule has 0 radical (unpaired) electrons. The second-order valence-electron chi connectivity index (χ2n) is 12.5. The van der Waals surface area contributed by atoms with Crippen molar-refractivity contribution in [2.24, 2.45) is 0 Å². The zero-order valence-corrected chi connectivity index (χ0v) is 30.5. The molecule has 48 heavy (non-hydrogen) atoms. The highest BCUT2D eigenvalue weighted by Crippen LogP contribution is 2.32. The minimum atomic E-state index is -4.32. The van der Waals surface area contributed by atoms with Crippen LogP contribution in [-0.2, 0) is 32.6 Å². The lowest BCUT2D eigenvalue weighted by Gasteiger charge is -2.35. The second-order valence-corrected chi connectivity index (χ2v) is 15.2. The molecule has 1 atom stereocenters. The Morgan fingerprint density at radius 3 is 2.04 bits per heavy atom. The van der Waals surface area contributed by atoms with Crippen molar-refractivity contribution in [1.82, 2.24) is 10.2 Å². The van der Waals surface area contributed by atoms with Crippen molar-refractivity contribution in [2.75, 3.05) is 25.1 Å². The Hall–Kier alpha value is -4.35. The van der Waals surface area contributed by atoms with E-state index in [1.165, 1.54) is 37.3 Å². The third-order valence-corrected chi connectivity index (χ3v) is 9.88. The van der Waals surface area contributed by atoms with Crippen LogP contribution in [0.15, 0.2) is 106 Å². The highest BCUT2D eigenvalue weighted by atomic mass is 79.9. The van der Waals surface area contributed by atoms with Crippen molar-refractivity contribution < 1.29 is 27.5 Å². The van der Waals surface area contributed by atoms with Crippen LogP contribution in [0.25, 0.3) is 0 Å². The Labute approximate surface area is 292 Å². The van der Waals surface area contributed by atoms with E-state index in [4.69, 9.17) is 9.47 Å². The average Bonchev–Trinajstić information content (AvgIpc) is 3.05. The van der Waals surface area contributed by atoms with Gasteiger partial charge in [-0.05, 0) is 75.2 Å². The molecule has 9 nitrogen and oxygen atoms in total. The Bertz CT molecular complexity index is 1810. The predicted molar refractivity (Wildman–Crippen MR) is 192 cm³/mol. The van der Waals surface area contributed by atoms with Crippen molar-refractivity contribution in [3.8, 4) is 11.5 Å². The highest BCUT2D eigenvalue weighted by molar-refractivity contribution is 9.10. The first kappa shape index (κ1) is 36.5. The van der Waals surface area contributed by atoms with Gasteiger partial charge in [-0.3, -0.25) is 13.9 Å². The molecule has 0 aliphatic rings. The molecule has 4 aromatic rings. The molecule has 0 spiro atoms. The summed E-state index contributed by atoms with van der Waals surface area (Å²) in [6.07, 6.45) is 0.220. The maximum absolute atomic E-state index is 14.7. The first-order valence-corrected chi connectivity index (χ1v) is 17.7. The van der Waals surface area contributed by atoms with E-state index in [0.717, 1.165) is 25.5 Å². The number of carbonyl (C=O) groups excluding carboxylic acids is 2. The Morgan fingerprint density at radius 1 is 0.833 bits per heavy atom. The van der Waals surface area contributed by atoms with Gasteiger partial charge in [-0.2, -0.15) is 0 Å². The molecule has 0 fully saturated rings. The van der Waals surface area contributed by atoms with Crippen LogP contribution in [0, 0.1) is 6.92 Å². The van der Waals surface area contributed by atoms with E-state index in [1.54, 1.807) is 24.3 Å². The molecule has 11 heteroatoms. The van der Waals surface area contributed by atoms with Gasteiger partial charge in [-0.25, -0.2) is 8.42 Å². The van der Waals surface area contributed by atoms with Gasteiger partial charge in [0, 0.05) is 29.0 Å². The van der Waals surface area contributed by atoms with Crippen molar-refractivity contribution in [1.29, 1.82) is 0 Å². The maximum Gasteiger partial charge on any atom is 0.264 e. The van der Waals surface area contributed by atoms with Crippen LogP contribution in [0.5, 0.6) is 11.5 Å². The van der Waals surface area contributed by atoms with Crippen LogP contribution < -0.4 is 19.1 Å². The van der Waals surface area contributed by atoms with Gasteiger partial charge in [0.2, 0.25) is 11.8 Å². The number of benzene rings is 4. The van der Waals surface area contributed by atoms with Crippen molar-refractivity contribution in [2.45, 2.75) is 57.1 Å². The van der Waals surface area contributed by atoms with E-state index in [0.29, 0.717) is 11.4 Å². The number of carbonyl (C=O) groups is 2. The van der Waals surface area contributed by atoms with Gasteiger partial charge < -0.3 is 19.7 Å². The van der Waals surface area contributed by atoms with Gasteiger partial charge in [-0.15, -0.1) is 0 Å². The molecule has 0 aromatic heterocycles. The van der Waals surface area contributed by atoms with E-state index < -0.39 is 34.1 Å². The van der Waals surface area contributed by atoms with Crippen LogP contribution in [0.3, 0.4) is 0 Å². The average molecular weight is 737 g/mol. The van der Waals surface area contributed by atoms with Crippen molar-refractivity contribution in [3.05, 3.63) is 118 Å². The van der Waals surface area contributed by atoms with E-state index in [1.807, 2.05) is 82.3 Å². The standard InChI is InChI=1S/C37H42BrN3O6S/c1-26-12-18-30(19-13-26)41(48(44,45)31-20-21-33(46-5)34(23-31)47-6)25-35(42)40(24-28-14-16-29(38)17-15-28)32(36(43)39-37(2,3)4)22-27-10-8-7-9-11-27/h7-21,23,32H,22,24-25H2,1-6H3,(H,39,43)/t32-/m1/s1. The zero-order valence-electron chi connectivity index (χ0n) is 28.1. The Balaban J connectivity index is 1.83. The number of anilines is 1. The smallest absolute Gasteiger partial charge is 0.264 e. The summed E-state index contributed by atoms with van der Waals surface area (Å²) in [6, 6.07) is 27.1. The number of nitrogens with one attached hydrogen (secondary N) is 1. The molecule has 2 amide bonds. The normalized spacial score (nSPS) is 12.1. The largest absolute Gasteiger partial charge is 0.493 e. The number of ether oxygens (including phenoxy) is 2. The molecule has 0 aliphatic carbocycles. The summed E-state index contributed by atoms with van der Waals surface area (Å²) in [5, 5.41) is 3.04. The number of sulfonamides is 1. The molecule has 4 rings (SSSR count). The minimum absolute atomic E-state index is 0.0688. The number of nitrogens with zero attached hydrogens (tertiary/aromatic N) is 2. The van der Waals surface area contributed by atoms with Gasteiger partial charge in [-0.1, -0.05) is 76.1 Å². The molecule has 1 N–H and O–H groups in total. The highest BCUT2D eigenvalue weighted by Gasteiger charge is 2.36. The van der Waals surface area contributed by atoms with E-state index in [-0.39, 0.29) is 29.5 Å². The lowest BCUT2D eigenvalue weighted by Crippen LogP contribution is -2.56. The fraction of sp³-hybridized carbons (Fsp3) is 0.297. The number of methoxy groups -OCH3 is 2. The molecule has 254 valence electrons. The number of hydrogen-bond donors (Lipinski definition) is 1. The van der Waals surface area contributed by atoms with E-state index in [2.05, 4.69) is 21.2 Å². The van der Waals surface area contributed by atoms with Crippen LogP contribution in [0.1, 0.15) is 37.5 Å². The fourth-order valence-electron chi connectivity index (χ4n) is 5.14. The Morgan fingerprint density at radius 2 is 1.46 bits per heavy atom. The van der Waals surface area contributed by atoms with Gasteiger partial charge in [0.15, 0.2) is 11.5 Å². The molecule has 0 bridgehead atoms. The summed E-state index contributed by atoms with van der Waals surface area (Å²) in [5.74, 6) is -0.301. The van der Waals surface area contributed by atoms with Gasteiger partial charge in [0.1, 0.15) is 12.6 Å². The van der Waals surface area contributed by atoms with Gasteiger partial charge in [0.25, 0.3) is 10.0 Å². The summed E-state index contributed by atoms with van der Waals surface area (Å²) >= 11 is 3.46. The first-order chi connectivity index (χ1) is 22.7. The van der Waals surface area contributed by atoms with E-state index in [9.17, 15) is 18.0 Å². The number of aryl methyl sites for hydroxylation is 1. The number of halogens is 1. The van der Waals surface area contributed by atoms with Crippen LogP contribution in [0.4, 0.5) is 5.69 Å². The molecular weight excluding hydrogens is 694 g/mol. The molecule has 0 saturated heterocycles. The lowest BCUT2D eigenvalue weighted by molar-refractivity contribution is -0.140. The topological polar surface area (TPSA) is 105 Å². The summed E-state index contributed by atoms with van der Waals surface area (Å²) in [6.45, 7) is 7.02.